The number of aromatic nitrogens is 1. The predicted octanol–water partition coefficient (Wildman–Crippen LogP) is 5.40. The van der Waals surface area contributed by atoms with Crippen LogP contribution in [0.3, 0.4) is 0 Å². The zero-order valence-electron chi connectivity index (χ0n) is 15.7. The van der Waals surface area contributed by atoms with Crippen LogP contribution in [0.2, 0.25) is 0 Å². The smallest absolute Gasteiger partial charge is 0.193 e. The SMILES string of the molecule is COc1ccc(-c2sc3c(c2C)c(=O)c(C)cn3Cc2ccccc2)cc1. The second-order valence-electron chi connectivity index (χ2n) is 6.72. The number of aryl methyl sites for hydroxylation is 2. The van der Waals surface area contributed by atoms with E-state index in [0.717, 1.165) is 44.1 Å². The summed E-state index contributed by atoms with van der Waals surface area (Å²) in [6, 6.07) is 18.4. The Morgan fingerprint density at radius 2 is 1.70 bits per heavy atom. The highest BCUT2D eigenvalue weighted by Crippen LogP contribution is 2.37. The minimum atomic E-state index is 0.128. The Morgan fingerprint density at radius 3 is 2.37 bits per heavy atom. The quantitative estimate of drug-likeness (QED) is 0.478. The minimum absolute atomic E-state index is 0.128. The van der Waals surface area contributed by atoms with E-state index in [1.165, 1.54) is 5.56 Å². The Kier molecular flexibility index (Phi) is 4.58. The third-order valence-electron chi connectivity index (χ3n) is 4.87. The van der Waals surface area contributed by atoms with Gasteiger partial charge in [0.2, 0.25) is 0 Å². The molecule has 0 radical (unpaired) electrons. The van der Waals surface area contributed by atoms with Crippen LogP contribution in [0, 0.1) is 13.8 Å². The van der Waals surface area contributed by atoms with Gasteiger partial charge in [-0.1, -0.05) is 30.3 Å². The maximum absolute atomic E-state index is 12.9. The summed E-state index contributed by atoms with van der Waals surface area (Å²) >= 11 is 1.68. The number of nitrogens with zero attached hydrogens (tertiary/aromatic N) is 1. The molecule has 0 bridgehead atoms. The van der Waals surface area contributed by atoms with Gasteiger partial charge in [-0.25, -0.2) is 0 Å². The van der Waals surface area contributed by atoms with Crippen molar-refractivity contribution in [2.75, 3.05) is 7.11 Å². The van der Waals surface area contributed by atoms with Crippen LogP contribution in [0.4, 0.5) is 0 Å². The van der Waals surface area contributed by atoms with Crippen LogP contribution in [-0.4, -0.2) is 11.7 Å². The van der Waals surface area contributed by atoms with Gasteiger partial charge in [-0.15, -0.1) is 11.3 Å². The number of rotatable bonds is 4. The molecule has 0 saturated carbocycles. The molecule has 4 rings (SSSR count). The fourth-order valence-electron chi connectivity index (χ4n) is 3.43. The molecule has 136 valence electrons. The van der Waals surface area contributed by atoms with Crippen molar-refractivity contribution in [2.45, 2.75) is 20.4 Å². The fourth-order valence-corrected chi connectivity index (χ4v) is 4.72. The lowest BCUT2D eigenvalue weighted by Gasteiger charge is -2.10. The van der Waals surface area contributed by atoms with Crippen molar-refractivity contribution in [3.63, 3.8) is 0 Å². The number of pyridine rings is 1. The normalized spacial score (nSPS) is 11.1. The zero-order valence-corrected chi connectivity index (χ0v) is 16.5. The first-order valence-corrected chi connectivity index (χ1v) is 9.71. The third-order valence-corrected chi connectivity index (χ3v) is 6.25. The Bertz CT molecular complexity index is 1160. The van der Waals surface area contributed by atoms with Crippen LogP contribution in [0.15, 0.2) is 65.6 Å². The molecule has 0 amide bonds. The first-order valence-electron chi connectivity index (χ1n) is 8.90. The number of hydrogen-bond acceptors (Lipinski definition) is 3. The van der Waals surface area contributed by atoms with Gasteiger partial charge in [0.15, 0.2) is 5.43 Å². The summed E-state index contributed by atoms with van der Waals surface area (Å²) in [5.74, 6) is 0.831. The lowest BCUT2D eigenvalue weighted by Crippen LogP contribution is -2.12. The summed E-state index contributed by atoms with van der Waals surface area (Å²) < 4.78 is 7.46. The van der Waals surface area contributed by atoms with E-state index in [2.05, 4.69) is 28.8 Å². The van der Waals surface area contributed by atoms with Crippen molar-refractivity contribution in [3.05, 3.63) is 87.7 Å². The van der Waals surface area contributed by atoms with Gasteiger partial charge in [0.1, 0.15) is 10.6 Å². The van der Waals surface area contributed by atoms with Crippen LogP contribution in [0.1, 0.15) is 16.7 Å². The second-order valence-corrected chi connectivity index (χ2v) is 7.72. The van der Waals surface area contributed by atoms with E-state index in [9.17, 15) is 4.79 Å². The molecule has 2 aromatic carbocycles. The molecular weight excluding hydrogens is 354 g/mol. The molecule has 0 saturated heterocycles. The Balaban J connectivity index is 1.90. The average molecular weight is 375 g/mol. The van der Waals surface area contributed by atoms with Gasteiger partial charge in [-0.2, -0.15) is 0 Å². The number of ether oxygens (including phenoxy) is 1. The lowest BCUT2D eigenvalue weighted by molar-refractivity contribution is 0.415. The number of methoxy groups -OCH3 is 1. The molecule has 2 aromatic heterocycles. The maximum atomic E-state index is 12.9. The second kappa shape index (κ2) is 7.05. The Labute approximate surface area is 162 Å². The standard InChI is InChI=1S/C23H21NO2S/c1-15-13-24(14-17-7-5-4-6-8-17)23-20(21(15)25)16(2)22(27-23)18-9-11-19(26-3)12-10-18/h4-13H,14H2,1-3H3. The zero-order chi connectivity index (χ0) is 19.0. The monoisotopic (exact) mass is 375 g/mol. The van der Waals surface area contributed by atoms with E-state index < -0.39 is 0 Å². The van der Waals surface area contributed by atoms with Crippen LogP contribution in [0.5, 0.6) is 5.75 Å². The molecule has 0 aliphatic carbocycles. The van der Waals surface area contributed by atoms with E-state index in [1.54, 1.807) is 18.4 Å². The first-order chi connectivity index (χ1) is 13.1. The summed E-state index contributed by atoms with van der Waals surface area (Å²) in [4.78, 5) is 15.0. The van der Waals surface area contributed by atoms with Crippen molar-refractivity contribution in [2.24, 2.45) is 0 Å². The van der Waals surface area contributed by atoms with E-state index in [1.807, 2.05) is 50.4 Å². The van der Waals surface area contributed by atoms with Crippen molar-refractivity contribution >= 4 is 21.6 Å². The highest BCUT2D eigenvalue weighted by molar-refractivity contribution is 7.22. The molecule has 0 atom stereocenters. The van der Waals surface area contributed by atoms with Crippen LogP contribution >= 0.6 is 11.3 Å². The first kappa shape index (κ1) is 17.6. The largest absolute Gasteiger partial charge is 0.497 e. The number of thiophene rings is 1. The van der Waals surface area contributed by atoms with Gasteiger partial charge in [0, 0.05) is 23.2 Å². The molecule has 4 heteroatoms. The molecule has 0 aliphatic rings. The molecule has 4 aromatic rings. The van der Waals surface area contributed by atoms with E-state index in [-0.39, 0.29) is 5.43 Å². The van der Waals surface area contributed by atoms with Gasteiger partial charge in [-0.3, -0.25) is 4.79 Å². The predicted molar refractivity (Wildman–Crippen MR) is 113 cm³/mol. The fraction of sp³-hybridized carbons (Fsp3) is 0.174. The summed E-state index contributed by atoms with van der Waals surface area (Å²) in [5.41, 5.74) is 4.29. The van der Waals surface area contributed by atoms with Crippen molar-refractivity contribution in [1.29, 1.82) is 0 Å². The van der Waals surface area contributed by atoms with Gasteiger partial charge in [0.25, 0.3) is 0 Å². The molecule has 0 spiro atoms. The number of hydrogen-bond donors (Lipinski definition) is 0. The Morgan fingerprint density at radius 1 is 1.00 bits per heavy atom. The maximum Gasteiger partial charge on any atom is 0.193 e. The lowest BCUT2D eigenvalue weighted by atomic mass is 10.1. The molecule has 0 fully saturated rings. The molecule has 0 unspecified atom stereocenters. The highest BCUT2D eigenvalue weighted by atomic mass is 32.1. The molecule has 0 aliphatic heterocycles. The van der Waals surface area contributed by atoms with E-state index >= 15 is 0 Å². The molecule has 27 heavy (non-hydrogen) atoms. The van der Waals surface area contributed by atoms with Gasteiger partial charge >= 0.3 is 0 Å². The van der Waals surface area contributed by atoms with Gasteiger partial charge in [-0.05, 0) is 54.8 Å². The van der Waals surface area contributed by atoms with Crippen LogP contribution in [-0.2, 0) is 6.54 Å². The highest BCUT2D eigenvalue weighted by Gasteiger charge is 2.17. The molecular formula is C23H21NO2S. The van der Waals surface area contributed by atoms with Gasteiger partial charge < -0.3 is 9.30 Å². The summed E-state index contributed by atoms with van der Waals surface area (Å²) in [5, 5.41) is 0.835. The van der Waals surface area contributed by atoms with Crippen molar-refractivity contribution < 1.29 is 4.74 Å². The number of fused-ring (bicyclic) bond motifs is 1. The molecule has 2 heterocycles. The average Bonchev–Trinajstić information content (AvgIpc) is 3.04. The molecule has 3 nitrogen and oxygen atoms in total. The summed E-state index contributed by atoms with van der Waals surface area (Å²) in [6.07, 6.45) is 1.98. The Hall–Kier alpha value is -2.85. The van der Waals surface area contributed by atoms with Crippen LogP contribution in [0.25, 0.3) is 20.7 Å². The number of benzene rings is 2. The molecule has 0 N–H and O–H groups in total. The third kappa shape index (κ3) is 3.17. The summed E-state index contributed by atoms with van der Waals surface area (Å²) in [6.45, 7) is 4.69. The van der Waals surface area contributed by atoms with Crippen LogP contribution < -0.4 is 10.2 Å². The summed E-state index contributed by atoms with van der Waals surface area (Å²) in [7, 11) is 1.67. The van der Waals surface area contributed by atoms with Crippen molar-refractivity contribution in [1.82, 2.24) is 4.57 Å². The minimum Gasteiger partial charge on any atom is -0.497 e. The van der Waals surface area contributed by atoms with Crippen molar-refractivity contribution in [3.8, 4) is 16.2 Å². The van der Waals surface area contributed by atoms with E-state index in [4.69, 9.17) is 4.74 Å². The van der Waals surface area contributed by atoms with E-state index in [0.29, 0.717) is 0 Å². The van der Waals surface area contributed by atoms with Gasteiger partial charge in [0.05, 0.1) is 12.5 Å². The topological polar surface area (TPSA) is 31.2 Å².